The van der Waals surface area contributed by atoms with Gasteiger partial charge >= 0.3 is 0 Å². The Balaban J connectivity index is 1.61. The molecule has 0 aliphatic carbocycles. The lowest BCUT2D eigenvalue weighted by atomic mass is 9.93. The summed E-state index contributed by atoms with van der Waals surface area (Å²) in [5.74, 6) is 0.801. The molecule has 0 saturated carbocycles. The monoisotopic (exact) mass is 418 g/mol. The summed E-state index contributed by atoms with van der Waals surface area (Å²) in [5, 5.41) is 1.13. The average Bonchev–Trinajstić information content (AvgIpc) is 3.53. The molecule has 1 unspecified atom stereocenters. The second-order valence-corrected chi connectivity index (χ2v) is 8.33. The molecule has 32 heavy (non-hydrogen) atoms. The van der Waals surface area contributed by atoms with Gasteiger partial charge in [0.15, 0.2) is 0 Å². The molecule has 0 fully saturated rings. The predicted octanol–water partition coefficient (Wildman–Crippen LogP) is 6.48. The van der Waals surface area contributed by atoms with Crippen LogP contribution in [0, 0.1) is 6.92 Å². The van der Waals surface area contributed by atoms with Crippen LogP contribution in [0.15, 0.2) is 95.6 Å². The Morgan fingerprint density at radius 2 is 1.69 bits per heavy atom. The Morgan fingerprint density at radius 1 is 0.906 bits per heavy atom. The fraction of sp³-hybridized carbons (Fsp3) is 0.107. The first-order valence-corrected chi connectivity index (χ1v) is 10.8. The first-order chi connectivity index (χ1) is 15.7. The van der Waals surface area contributed by atoms with Gasteiger partial charge in [-0.2, -0.15) is 0 Å². The maximum absolute atomic E-state index is 13.5. The number of H-pyrrole nitrogens is 1. The van der Waals surface area contributed by atoms with E-state index in [1.165, 1.54) is 5.56 Å². The molecular formula is C28H22N2O2. The molecule has 1 atom stereocenters. The molecule has 0 bridgehead atoms. The van der Waals surface area contributed by atoms with Crippen molar-refractivity contribution in [2.75, 3.05) is 0 Å². The van der Waals surface area contributed by atoms with E-state index in [0.717, 1.165) is 44.6 Å². The van der Waals surface area contributed by atoms with Crippen LogP contribution < -0.4 is 0 Å². The highest BCUT2D eigenvalue weighted by Gasteiger charge is 2.40. The molecule has 0 spiro atoms. The van der Waals surface area contributed by atoms with E-state index in [1.54, 1.807) is 6.26 Å². The van der Waals surface area contributed by atoms with E-state index in [2.05, 4.69) is 60.4 Å². The van der Waals surface area contributed by atoms with Gasteiger partial charge in [0.05, 0.1) is 24.5 Å². The van der Waals surface area contributed by atoms with Crippen molar-refractivity contribution in [1.82, 2.24) is 9.88 Å². The van der Waals surface area contributed by atoms with Crippen LogP contribution in [-0.4, -0.2) is 15.8 Å². The Labute approximate surface area is 186 Å². The molecule has 4 nitrogen and oxygen atoms in total. The van der Waals surface area contributed by atoms with Gasteiger partial charge in [-0.25, -0.2) is 0 Å². The van der Waals surface area contributed by atoms with E-state index < -0.39 is 0 Å². The highest BCUT2D eigenvalue weighted by Crippen LogP contribution is 2.46. The number of nitrogens with one attached hydrogen (secondary N) is 1. The van der Waals surface area contributed by atoms with Gasteiger partial charge in [-0.1, -0.05) is 66.2 Å². The summed E-state index contributed by atoms with van der Waals surface area (Å²) in [6.45, 7) is 2.50. The standard InChI is InChI=1S/C28H22N2O2/c1-18-12-14-19(15-13-18)26-25(23-10-4-5-11-24(23)29-26)27-21-8-2-3-9-22(21)28(31)30(27)17-20-7-6-16-32-20/h2-16,27,29H,17H2,1H3. The zero-order valence-corrected chi connectivity index (χ0v) is 17.7. The molecule has 3 heterocycles. The molecule has 156 valence electrons. The van der Waals surface area contributed by atoms with Crippen molar-refractivity contribution in [1.29, 1.82) is 0 Å². The third kappa shape index (κ3) is 2.88. The zero-order chi connectivity index (χ0) is 21.7. The molecule has 5 aromatic rings. The van der Waals surface area contributed by atoms with Crippen molar-refractivity contribution in [2.24, 2.45) is 0 Å². The van der Waals surface area contributed by atoms with Crippen LogP contribution in [-0.2, 0) is 6.54 Å². The van der Waals surface area contributed by atoms with Crippen molar-refractivity contribution in [3.05, 3.63) is 119 Å². The van der Waals surface area contributed by atoms with E-state index in [-0.39, 0.29) is 11.9 Å². The summed E-state index contributed by atoms with van der Waals surface area (Å²) in [7, 11) is 0. The number of benzene rings is 3. The minimum Gasteiger partial charge on any atom is -0.467 e. The van der Waals surface area contributed by atoms with Gasteiger partial charge in [-0.05, 0) is 42.3 Å². The number of para-hydroxylation sites is 1. The summed E-state index contributed by atoms with van der Waals surface area (Å²) in [6.07, 6.45) is 1.65. The number of carbonyl (C=O) groups excluding carboxylic acids is 1. The van der Waals surface area contributed by atoms with Gasteiger partial charge in [0.1, 0.15) is 5.76 Å². The summed E-state index contributed by atoms with van der Waals surface area (Å²) in [4.78, 5) is 19.1. The third-order valence-corrected chi connectivity index (χ3v) is 6.32. The number of hydrogen-bond donors (Lipinski definition) is 1. The van der Waals surface area contributed by atoms with Crippen LogP contribution >= 0.6 is 0 Å². The van der Waals surface area contributed by atoms with Crippen LogP contribution in [0.5, 0.6) is 0 Å². The first-order valence-electron chi connectivity index (χ1n) is 10.8. The summed E-state index contributed by atoms with van der Waals surface area (Å²) in [6, 6.07) is 28.4. The van der Waals surface area contributed by atoms with Crippen LogP contribution in [0.3, 0.4) is 0 Å². The molecule has 1 aliphatic heterocycles. The van der Waals surface area contributed by atoms with Crippen LogP contribution in [0.2, 0.25) is 0 Å². The molecular weight excluding hydrogens is 396 g/mol. The zero-order valence-electron chi connectivity index (χ0n) is 17.7. The van der Waals surface area contributed by atoms with Crippen LogP contribution in [0.4, 0.5) is 0 Å². The molecule has 1 aliphatic rings. The van der Waals surface area contributed by atoms with E-state index in [4.69, 9.17) is 4.42 Å². The van der Waals surface area contributed by atoms with Gasteiger partial charge in [0.25, 0.3) is 5.91 Å². The van der Waals surface area contributed by atoms with Crippen LogP contribution in [0.1, 0.15) is 38.9 Å². The minimum atomic E-state index is -0.212. The molecule has 0 radical (unpaired) electrons. The normalized spacial score (nSPS) is 15.5. The van der Waals surface area contributed by atoms with Crippen molar-refractivity contribution in [3.63, 3.8) is 0 Å². The number of hydrogen-bond acceptors (Lipinski definition) is 2. The average molecular weight is 418 g/mol. The Hall–Kier alpha value is -4.05. The second-order valence-electron chi connectivity index (χ2n) is 8.33. The lowest BCUT2D eigenvalue weighted by molar-refractivity contribution is 0.0724. The van der Waals surface area contributed by atoms with Gasteiger partial charge in [0.2, 0.25) is 0 Å². The number of fused-ring (bicyclic) bond motifs is 2. The molecule has 1 N–H and O–H groups in total. The van der Waals surface area contributed by atoms with Gasteiger partial charge in [-0.3, -0.25) is 4.79 Å². The van der Waals surface area contributed by atoms with Crippen molar-refractivity contribution in [2.45, 2.75) is 19.5 Å². The van der Waals surface area contributed by atoms with Gasteiger partial charge in [0, 0.05) is 22.0 Å². The minimum absolute atomic E-state index is 0.0298. The number of amides is 1. The van der Waals surface area contributed by atoms with Crippen molar-refractivity contribution in [3.8, 4) is 11.3 Å². The number of aromatic nitrogens is 1. The smallest absolute Gasteiger partial charge is 0.255 e. The molecule has 1 amide bonds. The highest BCUT2D eigenvalue weighted by molar-refractivity contribution is 6.02. The summed E-state index contributed by atoms with van der Waals surface area (Å²) < 4.78 is 5.62. The lowest BCUT2D eigenvalue weighted by Crippen LogP contribution is -2.28. The fourth-order valence-electron chi connectivity index (χ4n) is 4.81. The topological polar surface area (TPSA) is 49.2 Å². The van der Waals surface area contributed by atoms with E-state index in [0.29, 0.717) is 6.54 Å². The fourth-order valence-corrected chi connectivity index (χ4v) is 4.81. The number of furan rings is 1. The molecule has 0 saturated heterocycles. The number of aromatic amines is 1. The van der Waals surface area contributed by atoms with Crippen molar-refractivity contribution >= 4 is 16.8 Å². The molecule has 4 heteroatoms. The maximum atomic E-state index is 13.5. The summed E-state index contributed by atoms with van der Waals surface area (Å²) >= 11 is 0. The van der Waals surface area contributed by atoms with E-state index in [9.17, 15) is 4.79 Å². The molecule has 6 rings (SSSR count). The predicted molar refractivity (Wildman–Crippen MR) is 125 cm³/mol. The highest BCUT2D eigenvalue weighted by atomic mass is 16.3. The van der Waals surface area contributed by atoms with Crippen molar-refractivity contribution < 1.29 is 9.21 Å². The van der Waals surface area contributed by atoms with Crippen LogP contribution in [0.25, 0.3) is 22.2 Å². The Morgan fingerprint density at radius 3 is 2.50 bits per heavy atom. The largest absolute Gasteiger partial charge is 0.467 e. The Bertz CT molecular complexity index is 1430. The molecule has 3 aromatic carbocycles. The second kappa shape index (κ2) is 7.27. The number of aryl methyl sites for hydroxylation is 1. The van der Waals surface area contributed by atoms with E-state index in [1.807, 2.05) is 41.3 Å². The Kier molecular flexibility index (Phi) is 4.25. The number of nitrogens with zero attached hydrogens (tertiary/aromatic N) is 1. The molecule has 2 aromatic heterocycles. The summed E-state index contributed by atoms with van der Waals surface area (Å²) in [5.41, 5.74) is 7.34. The van der Waals surface area contributed by atoms with Gasteiger partial charge < -0.3 is 14.3 Å². The quantitative estimate of drug-likeness (QED) is 0.363. The maximum Gasteiger partial charge on any atom is 0.255 e. The first kappa shape index (κ1) is 18.7. The van der Waals surface area contributed by atoms with E-state index >= 15 is 0 Å². The lowest BCUT2D eigenvalue weighted by Gasteiger charge is -2.26. The SMILES string of the molecule is Cc1ccc(-c2[nH]c3ccccc3c2C2c3ccccc3C(=O)N2Cc2ccco2)cc1. The number of rotatable bonds is 4. The number of carbonyl (C=O) groups is 1. The van der Waals surface area contributed by atoms with Gasteiger partial charge in [-0.15, -0.1) is 0 Å². The third-order valence-electron chi connectivity index (χ3n) is 6.32.